The molecule has 0 aliphatic heterocycles. The molecule has 5 heteroatoms. The second-order valence-electron chi connectivity index (χ2n) is 4.95. The Hall–Kier alpha value is -2.20. The number of rotatable bonds is 4. The van der Waals surface area contributed by atoms with Crippen LogP contribution in [0.3, 0.4) is 0 Å². The fraction of sp³-hybridized carbons (Fsp3) is 0.188. The highest BCUT2D eigenvalue weighted by Crippen LogP contribution is 2.33. The Morgan fingerprint density at radius 3 is 2.52 bits per heavy atom. The number of nitrogens with zero attached hydrogens (tertiary/aromatic N) is 1. The lowest BCUT2D eigenvalue weighted by Crippen LogP contribution is -2.26. The van der Waals surface area contributed by atoms with Gasteiger partial charge >= 0.3 is 0 Å². The fourth-order valence-corrected chi connectivity index (χ4v) is 2.54. The van der Waals surface area contributed by atoms with Gasteiger partial charge in [-0.15, -0.1) is 0 Å². The van der Waals surface area contributed by atoms with Gasteiger partial charge in [-0.25, -0.2) is 0 Å². The van der Waals surface area contributed by atoms with Gasteiger partial charge in [-0.05, 0) is 36.8 Å². The topological polar surface area (TPSA) is 72.3 Å². The number of nitrogen functional groups attached to an aromatic ring is 1. The van der Waals surface area contributed by atoms with Crippen molar-refractivity contribution in [2.24, 2.45) is 5.73 Å². The van der Waals surface area contributed by atoms with Crippen LogP contribution in [-0.2, 0) is 0 Å². The van der Waals surface area contributed by atoms with E-state index in [1.807, 2.05) is 43.1 Å². The van der Waals surface area contributed by atoms with Crippen molar-refractivity contribution in [2.75, 3.05) is 17.7 Å². The average Bonchev–Trinajstić information content (AvgIpc) is 2.45. The number of para-hydroxylation sites is 1. The van der Waals surface area contributed by atoms with Crippen LogP contribution in [0.15, 0.2) is 42.5 Å². The summed E-state index contributed by atoms with van der Waals surface area (Å²) in [7, 11) is 1.88. The minimum Gasteiger partial charge on any atom is -0.397 e. The average molecular weight is 304 g/mol. The molecule has 0 spiro atoms. The van der Waals surface area contributed by atoms with E-state index in [0.717, 1.165) is 5.56 Å². The molecule has 0 saturated carbocycles. The zero-order valence-electron chi connectivity index (χ0n) is 12.0. The third kappa shape index (κ3) is 3.11. The Balaban J connectivity index is 2.44. The Morgan fingerprint density at radius 1 is 1.24 bits per heavy atom. The van der Waals surface area contributed by atoms with E-state index in [0.29, 0.717) is 22.0 Å². The molecular weight excluding hydrogens is 286 g/mol. The molecule has 2 rings (SSSR count). The van der Waals surface area contributed by atoms with Crippen LogP contribution in [0.4, 0.5) is 11.4 Å². The van der Waals surface area contributed by atoms with Gasteiger partial charge in [0, 0.05) is 12.1 Å². The molecule has 110 valence electrons. The molecule has 1 amide bonds. The summed E-state index contributed by atoms with van der Waals surface area (Å²) in [6, 6.07) is 12.7. The number of carbonyl (C=O) groups is 1. The van der Waals surface area contributed by atoms with Crippen molar-refractivity contribution in [3.05, 3.63) is 58.6 Å². The minimum atomic E-state index is -0.498. The number of carbonyl (C=O) groups excluding carboxylic acids is 1. The predicted octanol–water partition coefficient (Wildman–Crippen LogP) is 3.22. The number of anilines is 2. The summed E-state index contributed by atoms with van der Waals surface area (Å²) in [6.45, 7) is 2.02. The molecule has 2 aromatic rings. The van der Waals surface area contributed by atoms with Gasteiger partial charge in [-0.2, -0.15) is 0 Å². The largest absolute Gasteiger partial charge is 0.397 e. The van der Waals surface area contributed by atoms with Gasteiger partial charge in [0.05, 0.1) is 23.0 Å². The maximum absolute atomic E-state index is 11.6. The van der Waals surface area contributed by atoms with Crippen molar-refractivity contribution in [3.8, 4) is 0 Å². The Morgan fingerprint density at radius 2 is 1.90 bits per heavy atom. The Labute approximate surface area is 129 Å². The lowest BCUT2D eigenvalue weighted by molar-refractivity contribution is 0.100. The normalized spacial score (nSPS) is 12.0. The molecule has 0 radical (unpaired) electrons. The van der Waals surface area contributed by atoms with Gasteiger partial charge in [-0.3, -0.25) is 4.79 Å². The Bertz CT molecular complexity index is 672. The van der Waals surface area contributed by atoms with Gasteiger partial charge in [-0.1, -0.05) is 29.8 Å². The minimum absolute atomic E-state index is 0.00787. The van der Waals surface area contributed by atoms with Crippen molar-refractivity contribution in [2.45, 2.75) is 13.0 Å². The summed E-state index contributed by atoms with van der Waals surface area (Å²) >= 11 is 6.04. The number of hydrogen-bond acceptors (Lipinski definition) is 3. The molecule has 0 aromatic heterocycles. The molecule has 0 aliphatic rings. The fourth-order valence-electron chi connectivity index (χ4n) is 2.34. The molecule has 0 saturated heterocycles. The molecule has 4 nitrogen and oxygen atoms in total. The second kappa shape index (κ2) is 6.06. The van der Waals surface area contributed by atoms with Crippen LogP contribution in [0.25, 0.3) is 0 Å². The summed E-state index contributed by atoms with van der Waals surface area (Å²) in [4.78, 5) is 13.5. The van der Waals surface area contributed by atoms with E-state index in [-0.39, 0.29) is 6.04 Å². The quantitative estimate of drug-likeness (QED) is 0.852. The van der Waals surface area contributed by atoms with Crippen molar-refractivity contribution < 1.29 is 4.79 Å². The molecule has 4 N–H and O–H groups in total. The number of benzene rings is 2. The molecule has 1 atom stereocenters. The van der Waals surface area contributed by atoms with Crippen LogP contribution in [0, 0.1) is 0 Å². The molecular formula is C16H18ClN3O. The molecule has 0 bridgehead atoms. The van der Waals surface area contributed by atoms with Crippen molar-refractivity contribution in [1.29, 1.82) is 0 Å². The van der Waals surface area contributed by atoms with Crippen molar-refractivity contribution in [1.82, 2.24) is 0 Å². The summed E-state index contributed by atoms with van der Waals surface area (Å²) in [5.41, 5.74) is 14.1. The van der Waals surface area contributed by atoms with Crippen LogP contribution >= 0.6 is 11.6 Å². The first-order valence-corrected chi connectivity index (χ1v) is 6.96. The number of halogens is 1. The third-order valence-electron chi connectivity index (χ3n) is 3.60. The maximum Gasteiger partial charge on any atom is 0.250 e. The first kappa shape index (κ1) is 15.2. The van der Waals surface area contributed by atoms with E-state index in [4.69, 9.17) is 23.1 Å². The molecule has 0 aliphatic carbocycles. The standard InChI is InChI=1S/C16H18ClN3O/c1-10(11-5-3-6-12(17)9-11)20(2)15-13(16(19)21)7-4-8-14(15)18/h3-10H,18H2,1-2H3,(H2,19,21). The van der Waals surface area contributed by atoms with E-state index < -0.39 is 5.91 Å². The van der Waals surface area contributed by atoms with Gasteiger partial charge in [0.1, 0.15) is 0 Å². The monoisotopic (exact) mass is 303 g/mol. The van der Waals surface area contributed by atoms with Crippen LogP contribution in [0.5, 0.6) is 0 Å². The third-order valence-corrected chi connectivity index (χ3v) is 3.83. The molecule has 0 heterocycles. The molecule has 21 heavy (non-hydrogen) atoms. The van der Waals surface area contributed by atoms with Gasteiger partial charge in [0.15, 0.2) is 0 Å². The van der Waals surface area contributed by atoms with E-state index in [2.05, 4.69) is 0 Å². The van der Waals surface area contributed by atoms with Gasteiger partial charge in [0.25, 0.3) is 5.91 Å². The van der Waals surface area contributed by atoms with E-state index in [9.17, 15) is 4.79 Å². The first-order chi connectivity index (χ1) is 9.91. The summed E-state index contributed by atoms with van der Waals surface area (Å²) in [5, 5.41) is 0.670. The van der Waals surface area contributed by atoms with E-state index in [1.165, 1.54) is 0 Å². The van der Waals surface area contributed by atoms with Crippen molar-refractivity contribution in [3.63, 3.8) is 0 Å². The SMILES string of the molecule is CC(c1cccc(Cl)c1)N(C)c1c(N)cccc1C(N)=O. The predicted molar refractivity (Wildman–Crippen MR) is 87.6 cm³/mol. The zero-order valence-corrected chi connectivity index (χ0v) is 12.8. The van der Waals surface area contributed by atoms with Gasteiger partial charge < -0.3 is 16.4 Å². The maximum atomic E-state index is 11.6. The summed E-state index contributed by atoms with van der Waals surface area (Å²) in [6.07, 6.45) is 0. The van der Waals surface area contributed by atoms with Crippen LogP contribution < -0.4 is 16.4 Å². The number of nitrogens with two attached hydrogens (primary N) is 2. The van der Waals surface area contributed by atoms with E-state index >= 15 is 0 Å². The summed E-state index contributed by atoms with van der Waals surface area (Å²) < 4.78 is 0. The summed E-state index contributed by atoms with van der Waals surface area (Å²) in [5.74, 6) is -0.498. The second-order valence-corrected chi connectivity index (χ2v) is 5.39. The van der Waals surface area contributed by atoms with E-state index in [1.54, 1.807) is 18.2 Å². The highest BCUT2D eigenvalue weighted by Gasteiger charge is 2.20. The van der Waals surface area contributed by atoms with Crippen molar-refractivity contribution >= 4 is 28.9 Å². The first-order valence-electron chi connectivity index (χ1n) is 6.58. The number of amides is 1. The van der Waals surface area contributed by atoms with Crippen LogP contribution in [0.1, 0.15) is 28.9 Å². The van der Waals surface area contributed by atoms with Crippen LogP contribution in [0.2, 0.25) is 5.02 Å². The Kier molecular flexibility index (Phi) is 4.38. The number of hydrogen-bond donors (Lipinski definition) is 2. The lowest BCUT2D eigenvalue weighted by atomic mass is 10.0. The smallest absolute Gasteiger partial charge is 0.250 e. The lowest BCUT2D eigenvalue weighted by Gasteiger charge is -2.30. The van der Waals surface area contributed by atoms with Gasteiger partial charge in [0.2, 0.25) is 0 Å². The molecule has 2 aromatic carbocycles. The number of primary amides is 1. The molecule has 0 fully saturated rings. The molecule has 1 unspecified atom stereocenters. The highest BCUT2D eigenvalue weighted by molar-refractivity contribution is 6.30. The highest BCUT2D eigenvalue weighted by atomic mass is 35.5. The van der Waals surface area contributed by atoms with Crippen LogP contribution in [-0.4, -0.2) is 13.0 Å². The zero-order chi connectivity index (χ0) is 15.6.